The van der Waals surface area contributed by atoms with Crippen molar-refractivity contribution in [2.45, 2.75) is 33.1 Å². The second kappa shape index (κ2) is 6.06. The molecule has 0 spiro atoms. The van der Waals surface area contributed by atoms with E-state index in [4.69, 9.17) is 5.10 Å². The average molecular weight is 324 g/mol. The fourth-order valence-electron chi connectivity index (χ4n) is 3.87. The zero-order chi connectivity index (χ0) is 16.7. The Bertz CT molecular complexity index is 787. The van der Waals surface area contributed by atoms with Gasteiger partial charge in [-0.1, -0.05) is 17.7 Å². The number of piperazine rings is 1. The van der Waals surface area contributed by atoms with Crippen LogP contribution in [0.25, 0.3) is 5.69 Å². The summed E-state index contributed by atoms with van der Waals surface area (Å²) in [6.07, 6.45) is 3.08. The van der Waals surface area contributed by atoms with Crippen LogP contribution in [0, 0.1) is 13.8 Å². The molecule has 1 aliphatic heterocycles. The molecule has 1 saturated heterocycles. The molecule has 24 heavy (non-hydrogen) atoms. The maximum Gasteiger partial charge on any atom is 0.274 e. The SMILES string of the molecule is Cc1ccc(-n2nc(C(=O)N3CCNCC3)c3c2CCC3)c(C)c1. The van der Waals surface area contributed by atoms with Gasteiger partial charge in [0.25, 0.3) is 5.91 Å². The van der Waals surface area contributed by atoms with E-state index in [0.29, 0.717) is 5.69 Å². The molecule has 0 bridgehead atoms. The summed E-state index contributed by atoms with van der Waals surface area (Å²) < 4.78 is 2.02. The maximum atomic E-state index is 13.0. The number of fused-ring (bicyclic) bond motifs is 1. The highest BCUT2D eigenvalue weighted by molar-refractivity contribution is 5.94. The predicted octanol–water partition coefficient (Wildman–Crippen LogP) is 2.02. The summed E-state index contributed by atoms with van der Waals surface area (Å²) in [5.41, 5.74) is 6.60. The van der Waals surface area contributed by atoms with E-state index in [2.05, 4.69) is 37.4 Å². The molecular weight excluding hydrogens is 300 g/mol. The molecule has 2 aliphatic rings. The van der Waals surface area contributed by atoms with Crippen molar-refractivity contribution in [3.05, 3.63) is 46.3 Å². The number of amides is 1. The van der Waals surface area contributed by atoms with Crippen LogP contribution < -0.4 is 5.32 Å². The molecule has 0 atom stereocenters. The van der Waals surface area contributed by atoms with Crippen LogP contribution in [-0.2, 0) is 12.8 Å². The fourth-order valence-corrected chi connectivity index (χ4v) is 3.87. The fraction of sp³-hybridized carbons (Fsp3) is 0.474. The average Bonchev–Trinajstić information content (AvgIpc) is 3.18. The summed E-state index contributed by atoms with van der Waals surface area (Å²) in [6, 6.07) is 6.41. The molecule has 1 aliphatic carbocycles. The van der Waals surface area contributed by atoms with Crippen molar-refractivity contribution in [3.8, 4) is 5.69 Å². The van der Waals surface area contributed by atoms with Gasteiger partial charge in [-0.15, -0.1) is 0 Å². The highest BCUT2D eigenvalue weighted by Gasteiger charge is 2.30. The van der Waals surface area contributed by atoms with Gasteiger partial charge in [0, 0.05) is 37.4 Å². The molecule has 0 radical (unpaired) electrons. The van der Waals surface area contributed by atoms with Gasteiger partial charge in [0.1, 0.15) is 0 Å². The number of carbonyl (C=O) groups is 1. The lowest BCUT2D eigenvalue weighted by molar-refractivity contribution is 0.0728. The molecule has 1 N–H and O–H groups in total. The minimum Gasteiger partial charge on any atom is -0.335 e. The summed E-state index contributed by atoms with van der Waals surface area (Å²) in [6.45, 7) is 7.48. The van der Waals surface area contributed by atoms with Gasteiger partial charge >= 0.3 is 0 Å². The first-order valence-electron chi connectivity index (χ1n) is 8.83. The van der Waals surface area contributed by atoms with Gasteiger partial charge < -0.3 is 10.2 Å². The first-order valence-corrected chi connectivity index (χ1v) is 8.83. The minimum absolute atomic E-state index is 0.0955. The molecule has 126 valence electrons. The zero-order valence-electron chi connectivity index (χ0n) is 14.4. The maximum absolute atomic E-state index is 13.0. The van der Waals surface area contributed by atoms with Gasteiger partial charge in [-0.25, -0.2) is 4.68 Å². The topological polar surface area (TPSA) is 50.2 Å². The number of benzene rings is 1. The molecule has 2 aromatic rings. The number of hydrogen-bond acceptors (Lipinski definition) is 3. The second-order valence-corrected chi connectivity index (χ2v) is 6.87. The summed E-state index contributed by atoms with van der Waals surface area (Å²) in [5.74, 6) is 0.0955. The van der Waals surface area contributed by atoms with E-state index >= 15 is 0 Å². The van der Waals surface area contributed by atoms with E-state index in [1.54, 1.807) is 0 Å². The zero-order valence-corrected chi connectivity index (χ0v) is 14.4. The Hall–Kier alpha value is -2.14. The van der Waals surface area contributed by atoms with Crippen LogP contribution in [-0.4, -0.2) is 46.8 Å². The monoisotopic (exact) mass is 324 g/mol. The molecule has 1 aromatic heterocycles. The Morgan fingerprint density at radius 1 is 1.17 bits per heavy atom. The van der Waals surface area contributed by atoms with E-state index in [1.807, 2.05) is 9.58 Å². The lowest BCUT2D eigenvalue weighted by Gasteiger charge is -2.26. The molecule has 1 amide bonds. The Labute approximate surface area is 142 Å². The predicted molar refractivity (Wildman–Crippen MR) is 93.8 cm³/mol. The van der Waals surface area contributed by atoms with Gasteiger partial charge in [-0.3, -0.25) is 4.79 Å². The van der Waals surface area contributed by atoms with Crippen LogP contribution >= 0.6 is 0 Å². The summed E-state index contributed by atoms with van der Waals surface area (Å²) in [5, 5.41) is 8.07. The lowest BCUT2D eigenvalue weighted by atomic mass is 10.1. The van der Waals surface area contributed by atoms with Crippen LogP contribution in [0.1, 0.15) is 39.3 Å². The van der Waals surface area contributed by atoms with E-state index in [-0.39, 0.29) is 5.91 Å². The highest BCUT2D eigenvalue weighted by atomic mass is 16.2. The molecule has 5 heteroatoms. The number of rotatable bonds is 2. The van der Waals surface area contributed by atoms with Gasteiger partial charge in [0.05, 0.1) is 5.69 Å². The van der Waals surface area contributed by atoms with Gasteiger partial charge in [-0.05, 0) is 44.7 Å². The quantitative estimate of drug-likeness (QED) is 0.919. The number of aryl methyl sites for hydroxylation is 2. The van der Waals surface area contributed by atoms with E-state index < -0.39 is 0 Å². The van der Waals surface area contributed by atoms with Crippen molar-refractivity contribution in [2.24, 2.45) is 0 Å². The summed E-state index contributed by atoms with van der Waals surface area (Å²) in [7, 11) is 0. The third kappa shape index (κ3) is 2.53. The molecule has 0 saturated carbocycles. The Balaban J connectivity index is 1.76. The van der Waals surface area contributed by atoms with Gasteiger partial charge in [-0.2, -0.15) is 5.10 Å². The molecule has 0 unspecified atom stereocenters. The highest BCUT2D eigenvalue weighted by Crippen LogP contribution is 2.29. The largest absolute Gasteiger partial charge is 0.335 e. The Morgan fingerprint density at radius 2 is 1.96 bits per heavy atom. The molecule has 4 rings (SSSR count). The molecule has 5 nitrogen and oxygen atoms in total. The van der Waals surface area contributed by atoms with Gasteiger partial charge in [0.2, 0.25) is 0 Å². The van der Waals surface area contributed by atoms with Crippen LogP contribution in [0.2, 0.25) is 0 Å². The van der Waals surface area contributed by atoms with Crippen LogP contribution in [0.4, 0.5) is 0 Å². The van der Waals surface area contributed by atoms with Crippen LogP contribution in [0.5, 0.6) is 0 Å². The molecule has 1 aromatic carbocycles. The number of hydrogen-bond donors (Lipinski definition) is 1. The first kappa shape index (κ1) is 15.4. The van der Waals surface area contributed by atoms with E-state index in [1.165, 1.54) is 22.4 Å². The van der Waals surface area contributed by atoms with Crippen molar-refractivity contribution in [1.29, 1.82) is 0 Å². The third-order valence-electron chi connectivity index (χ3n) is 5.12. The lowest BCUT2D eigenvalue weighted by Crippen LogP contribution is -2.46. The van der Waals surface area contributed by atoms with Crippen molar-refractivity contribution in [1.82, 2.24) is 20.0 Å². The second-order valence-electron chi connectivity index (χ2n) is 6.87. The van der Waals surface area contributed by atoms with E-state index in [9.17, 15) is 4.79 Å². The number of nitrogens with zero attached hydrogens (tertiary/aromatic N) is 3. The number of nitrogens with one attached hydrogen (secondary N) is 1. The molecule has 2 heterocycles. The van der Waals surface area contributed by atoms with Crippen LogP contribution in [0.3, 0.4) is 0 Å². The number of aromatic nitrogens is 2. The first-order chi connectivity index (χ1) is 11.6. The Kier molecular flexibility index (Phi) is 3.88. The van der Waals surface area contributed by atoms with Crippen molar-refractivity contribution < 1.29 is 4.79 Å². The third-order valence-corrected chi connectivity index (χ3v) is 5.12. The van der Waals surface area contributed by atoms with Crippen LogP contribution in [0.15, 0.2) is 18.2 Å². The normalized spacial score (nSPS) is 17.2. The van der Waals surface area contributed by atoms with E-state index in [0.717, 1.165) is 51.1 Å². The minimum atomic E-state index is 0.0955. The number of carbonyl (C=O) groups excluding carboxylic acids is 1. The summed E-state index contributed by atoms with van der Waals surface area (Å²) >= 11 is 0. The summed E-state index contributed by atoms with van der Waals surface area (Å²) in [4.78, 5) is 14.9. The van der Waals surface area contributed by atoms with Crippen molar-refractivity contribution in [3.63, 3.8) is 0 Å². The molecular formula is C19H24N4O. The Morgan fingerprint density at radius 3 is 2.71 bits per heavy atom. The standard InChI is InChI=1S/C19H24N4O/c1-13-6-7-16(14(2)12-13)23-17-5-3-4-15(17)18(21-23)19(24)22-10-8-20-9-11-22/h6-7,12,20H,3-5,8-11H2,1-2H3. The molecule has 1 fully saturated rings. The van der Waals surface area contributed by atoms with Crippen molar-refractivity contribution in [2.75, 3.05) is 26.2 Å². The smallest absolute Gasteiger partial charge is 0.274 e. The van der Waals surface area contributed by atoms with Gasteiger partial charge in [0.15, 0.2) is 5.69 Å². The van der Waals surface area contributed by atoms with Crippen molar-refractivity contribution >= 4 is 5.91 Å².